The fraction of sp³-hybridized carbons (Fsp3) is 0.310. The molecule has 3 aromatic rings. The molecule has 0 bridgehead atoms. The molecule has 0 spiro atoms. The lowest BCUT2D eigenvalue weighted by Crippen LogP contribution is -2.29. The van der Waals surface area contributed by atoms with Crippen LogP contribution in [0.4, 0.5) is 5.13 Å². The zero-order chi connectivity index (χ0) is 29.1. The van der Waals surface area contributed by atoms with E-state index in [1.165, 1.54) is 21.3 Å². The molecule has 0 saturated carbocycles. The van der Waals surface area contributed by atoms with Gasteiger partial charge in [0.15, 0.2) is 5.13 Å². The molecule has 10 nitrogen and oxygen atoms in total. The third kappa shape index (κ3) is 5.37. The van der Waals surface area contributed by atoms with Gasteiger partial charge >= 0.3 is 11.9 Å². The van der Waals surface area contributed by atoms with Crippen molar-refractivity contribution in [3.8, 4) is 17.2 Å². The third-order valence-electron chi connectivity index (χ3n) is 6.25. The molecule has 1 aliphatic heterocycles. The Labute approximate surface area is 235 Å². The Morgan fingerprint density at radius 3 is 2.33 bits per heavy atom. The number of amides is 1. The summed E-state index contributed by atoms with van der Waals surface area (Å²) in [6.45, 7) is 6.19. The molecular formula is C29H30N2O8S. The van der Waals surface area contributed by atoms with Crippen molar-refractivity contribution in [1.82, 2.24) is 4.98 Å². The number of aromatic nitrogens is 1. The highest BCUT2D eigenvalue weighted by Crippen LogP contribution is 2.47. The molecule has 1 saturated heterocycles. The Balaban J connectivity index is 1.91. The Morgan fingerprint density at radius 1 is 1.05 bits per heavy atom. The number of aliphatic hydroxyl groups is 1. The number of thiazole rings is 1. The topological polar surface area (TPSA) is 124 Å². The average molecular weight is 567 g/mol. The second-order valence-corrected chi connectivity index (χ2v) is 10.4. The van der Waals surface area contributed by atoms with Gasteiger partial charge in [-0.25, -0.2) is 9.78 Å². The maximum Gasteiger partial charge on any atom is 0.350 e. The van der Waals surface area contributed by atoms with Crippen LogP contribution < -0.4 is 19.1 Å². The summed E-state index contributed by atoms with van der Waals surface area (Å²) in [6, 6.07) is 10.4. The molecule has 0 aliphatic carbocycles. The van der Waals surface area contributed by atoms with Crippen LogP contribution >= 0.6 is 11.3 Å². The molecule has 11 heteroatoms. The number of esters is 1. The number of carbonyl (C=O) groups is 3. The van der Waals surface area contributed by atoms with Gasteiger partial charge in [-0.05, 0) is 55.3 Å². The largest absolute Gasteiger partial charge is 0.507 e. The van der Waals surface area contributed by atoms with Gasteiger partial charge in [-0.3, -0.25) is 14.5 Å². The van der Waals surface area contributed by atoms with Crippen molar-refractivity contribution in [2.45, 2.75) is 26.8 Å². The van der Waals surface area contributed by atoms with Crippen molar-refractivity contribution in [1.29, 1.82) is 0 Å². The molecule has 1 aliphatic rings. The fourth-order valence-corrected chi connectivity index (χ4v) is 5.28. The van der Waals surface area contributed by atoms with Crippen LogP contribution in [0.15, 0.2) is 48.0 Å². The number of benzene rings is 2. The van der Waals surface area contributed by atoms with Gasteiger partial charge in [0.25, 0.3) is 5.78 Å². The number of rotatable bonds is 9. The maximum atomic E-state index is 13.5. The van der Waals surface area contributed by atoms with E-state index in [2.05, 4.69) is 4.98 Å². The van der Waals surface area contributed by atoms with Crippen molar-refractivity contribution in [3.05, 3.63) is 69.7 Å². The van der Waals surface area contributed by atoms with Gasteiger partial charge in [0.1, 0.15) is 33.9 Å². The van der Waals surface area contributed by atoms with Crippen LogP contribution in [0.2, 0.25) is 0 Å². The van der Waals surface area contributed by atoms with Crippen molar-refractivity contribution in [2.75, 3.05) is 32.8 Å². The molecule has 4 rings (SSSR count). The van der Waals surface area contributed by atoms with Crippen molar-refractivity contribution in [2.24, 2.45) is 5.92 Å². The van der Waals surface area contributed by atoms with E-state index in [0.717, 1.165) is 16.2 Å². The van der Waals surface area contributed by atoms with Gasteiger partial charge in [-0.2, -0.15) is 0 Å². The zero-order valence-electron chi connectivity index (χ0n) is 23.0. The first kappa shape index (κ1) is 28.6. The van der Waals surface area contributed by atoms with Gasteiger partial charge in [0.2, 0.25) is 0 Å². The molecular weight excluding hydrogens is 536 g/mol. The van der Waals surface area contributed by atoms with Crippen LogP contribution in [0.3, 0.4) is 0 Å². The van der Waals surface area contributed by atoms with Crippen LogP contribution in [0.25, 0.3) is 5.76 Å². The summed E-state index contributed by atoms with van der Waals surface area (Å²) in [6.07, 6.45) is 0. The van der Waals surface area contributed by atoms with Gasteiger partial charge in [0, 0.05) is 11.1 Å². The molecule has 1 N–H and O–H groups in total. The van der Waals surface area contributed by atoms with Crippen molar-refractivity contribution in [3.63, 3.8) is 0 Å². The first-order valence-electron chi connectivity index (χ1n) is 12.4. The van der Waals surface area contributed by atoms with Gasteiger partial charge in [-0.15, -0.1) is 0 Å². The Morgan fingerprint density at radius 2 is 1.73 bits per heavy atom. The standard InChI is InChI=1S/C29H30N2O8S/c1-15(2)14-39-18-9-7-17(8-10-18)24(32)22-23(20-13-19(36-4)11-12-21(20)37-5)31(27(34)25(22)33)29-30-16(3)26(40-29)28(35)38-6/h7-13,15,23,32H,14H2,1-6H3/b24-22+. The van der Waals surface area contributed by atoms with E-state index in [4.69, 9.17) is 18.9 Å². The predicted molar refractivity (Wildman–Crippen MR) is 149 cm³/mol. The number of anilines is 1. The SMILES string of the molecule is COC(=O)c1sc(N2C(=O)C(=O)/C(=C(/O)c3ccc(OCC(C)C)cc3)C2c2cc(OC)ccc2OC)nc1C. The summed E-state index contributed by atoms with van der Waals surface area (Å²) in [5, 5.41) is 11.6. The second kappa shape index (κ2) is 11.8. The number of nitrogens with zero attached hydrogens (tertiary/aromatic N) is 2. The minimum absolute atomic E-state index is 0.0892. The highest BCUT2D eigenvalue weighted by atomic mass is 32.1. The van der Waals surface area contributed by atoms with Gasteiger partial charge in [0.05, 0.1) is 39.2 Å². The van der Waals surface area contributed by atoms with Gasteiger partial charge in [-0.1, -0.05) is 25.2 Å². The normalized spacial score (nSPS) is 16.4. The Kier molecular flexibility index (Phi) is 8.43. The molecule has 1 amide bonds. The third-order valence-corrected chi connectivity index (χ3v) is 7.39. The number of carbonyl (C=O) groups excluding carboxylic acids is 3. The lowest BCUT2D eigenvalue weighted by atomic mass is 9.94. The van der Waals surface area contributed by atoms with E-state index in [-0.39, 0.29) is 21.3 Å². The minimum atomic E-state index is -1.14. The average Bonchev–Trinajstić information content (AvgIpc) is 3.46. The maximum absolute atomic E-state index is 13.5. The number of hydrogen-bond acceptors (Lipinski definition) is 10. The fourth-order valence-electron chi connectivity index (χ4n) is 4.27. The molecule has 1 atom stereocenters. The summed E-state index contributed by atoms with van der Waals surface area (Å²) >= 11 is 0.911. The number of ketones is 1. The van der Waals surface area contributed by atoms with E-state index in [9.17, 15) is 19.5 Å². The van der Waals surface area contributed by atoms with E-state index in [1.54, 1.807) is 49.4 Å². The van der Waals surface area contributed by atoms with Gasteiger partial charge < -0.3 is 24.1 Å². The summed E-state index contributed by atoms with van der Waals surface area (Å²) in [4.78, 5) is 45.1. The van der Waals surface area contributed by atoms with E-state index in [0.29, 0.717) is 46.6 Å². The van der Waals surface area contributed by atoms with Crippen molar-refractivity contribution < 1.29 is 38.4 Å². The minimum Gasteiger partial charge on any atom is -0.507 e. The predicted octanol–water partition coefficient (Wildman–Crippen LogP) is 4.92. The highest BCUT2D eigenvalue weighted by molar-refractivity contribution is 7.17. The molecule has 210 valence electrons. The van der Waals surface area contributed by atoms with E-state index >= 15 is 0 Å². The Hall–Kier alpha value is -4.38. The first-order valence-corrected chi connectivity index (χ1v) is 13.2. The highest BCUT2D eigenvalue weighted by Gasteiger charge is 2.49. The molecule has 1 aromatic heterocycles. The molecule has 40 heavy (non-hydrogen) atoms. The number of aliphatic hydroxyl groups excluding tert-OH is 1. The molecule has 0 radical (unpaired) electrons. The van der Waals surface area contributed by atoms with Crippen LogP contribution in [0, 0.1) is 12.8 Å². The molecule has 2 heterocycles. The number of methoxy groups -OCH3 is 3. The summed E-state index contributed by atoms with van der Waals surface area (Å²) < 4.78 is 21.5. The van der Waals surface area contributed by atoms with Crippen LogP contribution in [0.1, 0.15) is 46.4 Å². The summed E-state index contributed by atoms with van der Waals surface area (Å²) in [5.41, 5.74) is 0.862. The smallest absolute Gasteiger partial charge is 0.350 e. The summed E-state index contributed by atoms with van der Waals surface area (Å²) in [5.74, 6) is -1.11. The Bertz CT molecular complexity index is 1480. The van der Waals surface area contributed by atoms with E-state index in [1.807, 2.05) is 13.8 Å². The second-order valence-electron chi connectivity index (χ2n) is 9.41. The molecule has 1 fully saturated rings. The zero-order valence-corrected chi connectivity index (χ0v) is 23.8. The monoisotopic (exact) mass is 566 g/mol. The number of ether oxygens (including phenoxy) is 4. The lowest BCUT2D eigenvalue weighted by Gasteiger charge is -2.25. The molecule has 2 aromatic carbocycles. The number of Topliss-reactive ketones (excluding diaryl/α,β-unsaturated/α-hetero) is 1. The first-order chi connectivity index (χ1) is 19.1. The number of hydrogen-bond donors (Lipinski definition) is 1. The van der Waals surface area contributed by atoms with Crippen molar-refractivity contribution >= 4 is 39.9 Å². The van der Waals surface area contributed by atoms with Crippen LogP contribution in [0.5, 0.6) is 17.2 Å². The summed E-state index contributed by atoms with van der Waals surface area (Å²) in [7, 11) is 4.18. The quantitative estimate of drug-likeness (QED) is 0.166. The van der Waals surface area contributed by atoms with Crippen LogP contribution in [-0.2, 0) is 14.3 Å². The number of aryl methyl sites for hydroxylation is 1. The lowest BCUT2D eigenvalue weighted by molar-refractivity contribution is -0.132. The van der Waals surface area contributed by atoms with Crippen LogP contribution in [-0.4, -0.2) is 55.7 Å². The molecule has 1 unspecified atom stereocenters. The van der Waals surface area contributed by atoms with E-state index < -0.39 is 23.7 Å².